The van der Waals surface area contributed by atoms with Crippen LogP contribution in [0.2, 0.25) is 5.02 Å². The van der Waals surface area contributed by atoms with Gasteiger partial charge in [0.15, 0.2) is 11.5 Å². The van der Waals surface area contributed by atoms with E-state index in [-0.39, 0.29) is 11.6 Å². The molecule has 2 aromatic carbocycles. The second kappa shape index (κ2) is 7.49. The number of nitrogens with zero attached hydrogens (tertiary/aromatic N) is 2. The molecule has 25 heavy (non-hydrogen) atoms. The van der Waals surface area contributed by atoms with Crippen molar-refractivity contribution in [2.75, 3.05) is 11.9 Å². The average molecular weight is 356 g/mol. The first-order valence-electron chi connectivity index (χ1n) is 7.99. The number of rotatable bonds is 5. The van der Waals surface area contributed by atoms with Gasteiger partial charge in [-0.15, -0.1) is 0 Å². The normalized spacial score (nSPS) is 10.9. The first-order chi connectivity index (χ1) is 12.0. The molecule has 0 aliphatic rings. The molecule has 0 radical (unpaired) electrons. The number of carbonyl (C=O) groups is 1. The highest BCUT2D eigenvalue weighted by molar-refractivity contribution is 6.30. The lowest BCUT2D eigenvalue weighted by molar-refractivity contribution is 0.0453. The fourth-order valence-electron chi connectivity index (χ4n) is 2.24. The number of benzene rings is 2. The number of hydrogen-bond acceptors (Lipinski definition) is 5. The van der Waals surface area contributed by atoms with Crippen molar-refractivity contribution >= 4 is 40.1 Å². The first kappa shape index (κ1) is 17.2. The van der Waals surface area contributed by atoms with Crippen LogP contribution in [0.5, 0.6) is 0 Å². The van der Waals surface area contributed by atoms with Gasteiger partial charge in [-0.3, -0.25) is 0 Å². The number of anilines is 2. The van der Waals surface area contributed by atoms with E-state index in [0.29, 0.717) is 28.5 Å². The molecule has 6 heteroatoms. The molecule has 0 amide bonds. The highest BCUT2D eigenvalue weighted by atomic mass is 35.5. The molecule has 1 aromatic heterocycles. The molecule has 0 aliphatic heterocycles. The zero-order valence-corrected chi connectivity index (χ0v) is 14.7. The largest absolute Gasteiger partial charge is 0.461 e. The summed E-state index contributed by atoms with van der Waals surface area (Å²) in [4.78, 5) is 21.4. The van der Waals surface area contributed by atoms with Gasteiger partial charge in [0, 0.05) is 10.7 Å². The average Bonchev–Trinajstić information content (AvgIpc) is 2.59. The molecule has 1 N–H and O–H groups in total. The zero-order chi connectivity index (χ0) is 17.8. The van der Waals surface area contributed by atoms with E-state index in [1.54, 1.807) is 12.1 Å². The Morgan fingerprint density at radius 3 is 2.52 bits per heavy atom. The maximum absolute atomic E-state index is 12.5. The van der Waals surface area contributed by atoms with Crippen molar-refractivity contribution in [2.45, 2.75) is 13.8 Å². The number of nitrogens with one attached hydrogen (secondary N) is 1. The summed E-state index contributed by atoms with van der Waals surface area (Å²) >= 11 is 6.03. The number of halogens is 1. The van der Waals surface area contributed by atoms with Crippen molar-refractivity contribution in [2.24, 2.45) is 5.92 Å². The molecule has 1 heterocycles. The van der Waals surface area contributed by atoms with Gasteiger partial charge in [0.05, 0.1) is 17.6 Å². The first-order valence-corrected chi connectivity index (χ1v) is 8.37. The standard InChI is InChI=1S/C19H18ClN3O2/c1-12(2)11-25-19(24)17-18(21-14-7-5-6-13(20)10-14)23-16-9-4-3-8-15(16)22-17/h3-10,12H,11H2,1-2H3,(H,21,23). The molecule has 3 rings (SSSR count). The highest BCUT2D eigenvalue weighted by Crippen LogP contribution is 2.23. The lowest BCUT2D eigenvalue weighted by Gasteiger charge is -2.12. The molecule has 128 valence electrons. The van der Waals surface area contributed by atoms with Crippen LogP contribution in [0.25, 0.3) is 11.0 Å². The third-order valence-corrected chi connectivity index (χ3v) is 3.63. The van der Waals surface area contributed by atoms with Crippen molar-refractivity contribution in [3.05, 3.63) is 59.2 Å². The summed E-state index contributed by atoms with van der Waals surface area (Å²) < 4.78 is 5.33. The summed E-state index contributed by atoms with van der Waals surface area (Å²) in [6.45, 7) is 4.28. The van der Waals surface area contributed by atoms with Gasteiger partial charge >= 0.3 is 5.97 Å². The number of ether oxygens (including phenoxy) is 1. The number of para-hydroxylation sites is 2. The number of esters is 1. The molecule has 0 saturated heterocycles. The van der Waals surface area contributed by atoms with E-state index in [9.17, 15) is 4.79 Å². The predicted octanol–water partition coefficient (Wildman–Crippen LogP) is 4.84. The minimum atomic E-state index is -0.503. The Bertz CT molecular complexity index is 912. The van der Waals surface area contributed by atoms with Crippen LogP contribution in [0.3, 0.4) is 0 Å². The predicted molar refractivity (Wildman–Crippen MR) is 99.4 cm³/mol. The van der Waals surface area contributed by atoms with Gasteiger partial charge in [-0.05, 0) is 36.2 Å². The fraction of sp³-hybridized carbons (Fsp3) is 0.211. The van der Waals surface area contributed by atoms with Crippen LogP contribution < -0.4 is 5.32 Å². The van der Waals surface area contributed by atoms with E-state index < -0.39 is 5.97 Å². The Morgan fingerprint density at radius 1 is 1.12 bits per heavy atom. The van der Waals surface area contributed by atoms with Crippen LogP contribution in [0.4, 0.5) is 11.5 Å². The minimum Gasteiger partial charge on any atom is -0.461 e. The smallest absolute Gasteiger partial charge is 0.360 e. The quantitative estimate of drug-likeness (QED) is 0.663. The summed E-state index contributed by atoms with van der Waals surface area (Å²) in [5.41, 5.74) is 2.19. The van der Waals surface area contributed by atoms with Gasteiger partial charge < -0.3 is 10.1 Å². The van der Waals surface area contributed by atoms with Crippen LogP contribution in [0.15, 0.2) is 48.5 Å². The van der Waals surface area contributed by atoms with E-state index in [1.165, 1.54) is 0 Å². The summed E-state index contributed by atoms with van der Waals surface area (Å²) in [6, 6.07) is 14.6. The van der Waals surface area contributed by atoms with Gasteiger partial charge in [0.2, 0.25) is 0 Å². The lowest BCUT2D eigenvalue weighted by Crippen LogP contribution is -2.15. The Labute approximate surface area is 151 Å². The number of hydrogen-bond donors (Lipinski definition) is 1. The number of aromatic nitrogens is 2. The fourth-order valence-corrected chi connectivity index (χ4v) is 2.43. The van der Waals surface area contributed by atoms with E-state index in [0.717, 1.165) is 5.69 Å². The van der Waals surface area contributed by atoms with Crippen LogP contribution in [-0.4, -0.2) is 22.5 Å². The molecule has 0 fully saturated rings. The van der Waals surface area contributed by atoms with E-state index in [2.05, 4.69) is 15.3 Å². The molecule has 0 atom stereocenters. The Kier molecular flexibility index (Phi) is 5.14. The van der Waals surface area contributed by atoms with Crippen molar-refractivity contribution < 1.29 is 9.53 Å². The molecular formula is C19H18ClN3O2. The van der Waals surface area contributed by atoms with Gasteiger partial charge in [-0.25, -0.2) is 14.8 Å². The van der Waals surface area contributed by atoms with Crippen LogP contribution in [-0.2, 0) is 4.74 Å². The molecular weight excluding hydrogens is 338 g/mol. The highest BCUT2D eigenvalue weighted by Gasteiger charge is 2.18. The third kappa shape index (κ3) is 4.25. The van der Waals surface area contributed by atoms with Crippen LogP contribution in [0, 0.1) is 5.92 Å². The molecule has 0 bridgehead atoms. The summed E-state index contributed by atoms with van der Waals surface area (Å²) in [5.74, 6) is 0.0768. The second-order valence-corrected chi connectivity index (χ2v) is 6.47. The topological polar surface area (TPSA) is 64.1 Å². The van der Waals surface area contributed by atoms with Gasteiger partial charge in [-0.2, -0.15) is 0 Å². The van der Waals surface area contributed by atoms with Crippen molar-refractivity contribution in [3.63, 3.8) is 0 Å². The van der Waals surface area contributed by atoms with Crippen LogP contribution in [0.1, 0.15) is 24.3 Å². The van der Waals surface area contributed by atoms with E-state index in [4.69, 9.17) is 16.3 Å². The SMILES string of the molecule is CC(C)COC(=O)c1nc2ccccc2nc1Nc1cccc(Cl)c1. The van der Waals surface area contributed by atoms with Gasteiger partial charge in [0.25, 0.3) is 0 Å². The Balaban J connectivity index is 2.01. The van der Waals surface area contributed by atoms with Crippen molar-refractivity contribution in [1.82, 2.24) is 9.97 Å². The monoisotopic (exact) mass is 355 g/mol. The third-order valence-electron chi connectivity index (χ3n) is 3.40. The summed E-state index contributed by atoms with van der Waals surface area (Å²) in [5, 5.41) is 3.70. The molecule has 0 unspecified atom stereocenters. The molecule has 3 aromatic rings. The summed E-state index contributed by atoms with van der Waals surface area (Å²) in [6.07, 6.45) is 0. The van der Waals surface area contributed by atoms with Gasteiger partial charge in [0.1, 0.15) is 0 Å². The maximum atomic E-state index is 12.5. The number of carbonyl (C=O) groups excluding carboxylic acids is 1. The second-order valence-electron chi connectivity index (χ2n) is 6.04. The zero-order valence-electron chi connectivity index (χ0n) is 14.0. The van der Waals surface area contributed by atoms with Crippen LogP contribution >= 0.6 is 11.6 Å². The number of fused-ring (bicyclic) bond motifs is 1. The Hall–Kier alpha value is -2.66. The molecule has 5 nitrogen and oxygen atoms in total. The molecule has 0 spiro atoms. The van der Waals surface area contributed by atoms with Crippen molar-refractivity contribution in [3.8, 4) is 0 Å². The van der Waals surface area contributed by atoms with Gasteiger partial charge in [-0.1, -0.05) is 43.6 Å². The minimum absolute atomic E-state index is 0.152. The molecule has 0 saturated carbocycles. The summed E-state index contributed by atoms with van der Waals surface area (Å²) in [7, 11) is 0. The van der Waals surface area contributed by atoms with Crippen molar-refractivity contribution in [1.29, 1.82) is 0 Å². The van der Waals surface area contributed by atoms with E-state index in [1.807, 2.05) is 50.2 Å². The lowest BCUT2D eigenvalue weighted by atomic mass is 10.2. The molecule has 0 aliphatic carbocycles. The van der Waals surface area contributed by atoms with E-state index >= 15 is 0 Å². The Morgan fingerprint density at radius 2 is 1.84 bits per heavy atom. The maximum Gasteiger partial charge on any atom is 0.360 e.